The van der Waals surface area contributed by atoms with E-state index < -0.39 is 5.97 Å². The molecule has 2 aromatic heterocycles. The molecular weight excluding hydrogens is 236 g/mol. The second-order valence-corrected chi connectivity index (χ2v) is 4.47. The third-order valence-corrected chi connectivity index (χ3v) is 3.09. The number of hydrogen-bond donors (Lipinski definition) is 1. The standard InChI is InChI=1S/C12H12N2O2S/c13-9-3-4-11(14-8-9)12(15)16-6-5-10-2-1-7-17-10/h1-4,7-8H,5-6,13H2. The fourth-order valence-electron chi connectivity index (χ4n) is 1.30. The molecule has 0 aliphatic carbocycles. The van der Waals surface area contributed by atoms with Gasteiger partial charge in [-0.3, -0.25) is 0 Å². The van der Waals surface area contributed by atoms with Crippen molar-refractivity contribution in [2.24, 2.45) is 0 Å². The van der Waals surface area contributed by atoms with Gasteiger partial charge in [-0.25, -0.2) is 9.78 Å². The van der Waals surface area contributed by atoms with Crippen LogP contribution in [0.1, 0.15) is 15.4 Å². The maximum atomic E-state index is 11.6. The zero-order valence-electron chi connectivity index (χ0n) is 9.13. The molecule has 0 atom stereocenters. The molecule has 0 bridgehead atoms. The van der Waals surface area contributed by atoms with Gasteiger partial charge < -0.3 is 10.5 Å². The number of rotatable bonds is 4. The van der Waals surface area contributed by atoms with Gasteiger partial charge in [-0.15, -0.1) is 11.3 Å². The number of thiophene rings is 1. The molecule has 2 aromatic rings. The number of nitrogens with two attached hydrogens (primary N) is 1. The van der Waals surface area contributed by atoms with Gasteiger partial charge in [-0.1, -0.05) is 6.07 Å². The molecule has 2 heterocycles. The smallest absolute Gasteiger partial charge is 0.356 e. The lowest BCUT2D eigenvalue weighted by Crippen LogP contribution is -2.09. The Morgan fingerprint density at radius 3 is 2.94 bits per heavy atom. The molecule has 0 unspecified atom stereocenters. The Labute approximate surface area is 103 Å². The zero-order valence-corrected chi connectivity index (χ0v) is 9.94. The Morgan fingerprint density at radius 1 is 1.41 bits per heavy atom. The molecule has 0 saturated heterocycles. The zero-order chi connectivity index (χ0) is 12.1. The van der Waals surface area contributed by atoms with Crippen molar-refractivity contribution in [2.75, 3.05) is 12.3 Å². The number of pyridine rings is 1. The lowest BCUT2D eigenvalue weighted by atomic mass is 10.3. The number of nitrogen functional groups attached to an aromatic ring is 1. The van der Waals surface area contributed by atoms with E-state index in [2.05, 4.69) is 4.98 Å². The maximum absolute atomic E-state index is 11.6. The lowest BCUT2D eigenvalue weighted by molar-refractivity contribution is 0.0503. The van der Waals surface area contributed by atoms with E-state index in [1.54, 1.807) is 23.5 Å². The minimum absolute atomic E-state index is 0.283. The molecule has 88 valence electrons. The van der Waals surface area contributed by atoms with Crippen LogP contribution in [0.5, 0.6) is 0 Å². The summed E-state index contributed by atoms with van der Waals surface area (Å²) in [5.41, 5.74) is 6.29. The molecule has 0 amide bonds. The van der Waals surface area contributed by atoms with E-state index in [1.807, 2.05) is 17.5 Å². The van der Waals surface area contributed by atoms with E-state index in [1.165, 1.54) is 11.1 Å². The summed E-state index contributed by atoms with van der Waals surface area (Å²) in [6.45, 7) is 0.366. The van der Waals surface area contributed by atoms with E-state index >= 15 is 0 Å². The fourth-order valence-corrected chi connectivity index (χ4v) is 1.99. The monoisotopic (exact) mass is 248 g/mol. The second-order valence-electron chi connectivity index (χ2n) is 3.44. The molecule has 0 fully saturated rings. The number of carbonyl (C=O) groups is 1. The number of anilines is 1. The van der Waals surface area contributed by atoms with Crippen LogP contribution in [0.25, 0.3) is 0 Å². The van der Waals surface area contributed by atoms with Crippen molar-refractivity contribution < 1.29 is 9.53 Å². The van der Waals surface area contributed by atoms with Crippen LogP contribution in [0, 0.1) is 0 Å². The number of nitrogens with zero attached hydrogens (tertiary/aromatic N) is 1. The summed E-state index contributed by atoms with van der Waals surface area (Å²) < 4.78 is 5.11. The predicted molar refractivity (Wildman–Crippen MR) is 67.0 cm³/mol. The van der Waals surface area contributed by atoms with Gasteiger partial charge >= 0.3 is 5.97 Å². The summed E-state index contributed by atoms with van der Waals surface area (Å²) in [4.78, 5) is 16.7. The number of ether oxygens (including phenoxy) is 1. The van der Waals surface area contributed by atoms with Crippen LogP contribution in [0.15, 0.2) is 35.8 Å². The number of carbonyl (C=O) groups excluding carboxylic acids is 1. The first kappa shape index (κ1) is 11.6. The molecule has 0 aliphatic heterocycles. The summed E-state index contributed by atoms with van der Waals surface area (Å²) >= 11 is 1.65. The van der Waals surface area contributed by atoms with Crippen LogP contribution in [0.3, 0.4) is 0 Å². The molecule has 0 spiro atoms. The van der Waals surface area contributed by atoms with E-state index in [0.717, 1.165) is 6.42 Å². The Balaban J connectivity index is 1.83. The van der Waals surface area contributed by atoms with Gasteiger partial charge in [0.1, 0.15) is 5.69 Å². The molecule has 4 nitrogen and oxygen atoms in total. The normalized spacial score (nSPS) is 10.1. The first-order chi connectivity index (χ1) is 8.25. The van der Waals surface area contributed by atoms with Crippen LogP contribution in [0.4, 0.5) is 5.69 Å². The van der Waals surface area contributed by atoms with Gasteiger partial charge in [0.2, 0.25) is 0 Å². The number of aromatic nitrogens is 1. The Hall–Kier alpha value is -1.88. The van der Waals surface area contributed by atoms with Gasteiger partial charge in [0.15, 0.2) is 0 Å². The van der Waals surface area contributed by atoms with Gasteiger partial charge in [-0.2, -0.15) is 0 Å². The molecule has 17 heavy (non-hydrogen) atoms. The van der Waals surface area contributed by atoms with Crippen LogP contribution < -0.4 is 5.73 Å². The van der Waals surface area contributed by atoms with Crippen LogP contribution in [-0.4, -0.2) is 17.6 Å². The highest BCUT2D eigenvalue weighted by Gasteiger charge is 2.08. The third-order valence-electron chi connectivity index (χ3n) is 2.16. The average Bonchev–Trinajstić information content (AvgIpc) is 2.83. The molecule has 2 rings (SSSR count). The summed E-state index contributed by atoms with van der Waals surface area (Å²) in [6.07, 6.45) is 2.17. The molecule has 0 saturated carbocycles. The highest BCUT2D eigenvalue weighted by molar-refractivity contribution is 7.09. The number of hydrogen-bond acceptors (Lipinski definition) is 5. The SMILES string of the molecule is Nc1ccc(C(=O)OCCc2cccs2)nc1. The van der Waals surface area contributed by atoms with Crippen LogP contribution in [-0.2, 0) is 11.2 Å². The summed E-state index contributed by atoms with van der Waals surface area (Å²) in [5.74, 6) is -0.415. The van der Waals surface area contributed by atoms with E-state index in [9.17, 15) is 4.79 Å². The van der Waals surface area contributed by atoms with Crippen LogP contribution in [0.2, 0.25) is 0 Å². The van der Waals surface area contributed by atoms with Crippen molar-refractivity contribution >= 4 is 23.0 Å². The van der Waals surface area contributed by atoms with Crippen molar-refractivity contribution in [3.8, 4) is 0 Å². The molecule has 0 radical (unpaired) electrons. The number of esters is 1. The molecule has 5 heteroatoms. The van der Waals surface area contributed by atoms with E-state index in [0.29, 0.717) is 12.3 Å². The largest absolute Gasteiger partial charge is 0.461 e. The first-order valence-corrected chi connectivity index (χ1v) is 6.05. The van der Waals surface area contributed by atoms with Gasteiger partial charge in [0, 0.05) is 11.3 Å². The quantitative estimate of drug-likeness (QED) is 0.842. The molecule has 0 aliphatic rings. The summed E-state index contributed by atoms with van der Waals surface area (Å²) in [6, 6.07) is 7.18. The predicted octanol–water partition coefficient (Wildman–Crippen LogP) is 2.12. The van der Waals surface area contributed by atoms with Crippen molar-refractivity contribution in [1.82, 2.24) is 4.98 Å². The average molecular weight is 248 g/mol. The van der Waals surface area contributed by atoms with Crippen molar-refractivity contribution in [3.05, 3.63) is 46.4 Å². The maximum Gasteiger partial charge on any atom is 0.356 e. The first-order valence-electron chi connectivity index (χ1n) is 5.17. The third kappa shape index (κ3) is 3.29. The van der Waals surface area contributed by atoms with Crippen molar-refractivity contribution in [2.45, 2.75) is 6.42 Å². The summed E-state index contributed by atoms with van der Waals surface area (Å²) in [5, 5.41) is 2.00. The van der Waals surface area contributed by atoms with Crippen LogP contribution >= 0.6 is 11.3 Å². The van der Waals surface area contributed by atoms with E-state index in [4.69, 9.17) is 10.5 Å². The topological polar surface area (TPSA) is 65.2 Å². The summed E-state index contributed by atoms with van der Waals surface area (Å²) in [7, 11) is 0. The van der Waals surface area contributed by atoms with E-state index in [-0.39, 0.29) is 5.69 Å². The Kier molecular flexibility index (Phi) is 3.72. The van der Waals surface area contributed by atoms with Crippen molar-refractivity contribution in [3.63, 3.8) is 0 Å². The Bertz CT molecular complexity index is 480. The van der Waals surface area contributed by atoms with Gasteiger partial charge in [-0.05, 0) is 23.6 Å². The fraction of sp³-hybridized carbons (Fsp3) is 0.167. The second kappa shape index (κ2) is 5.45. The molecule has 2 N–H and O–H groups in total. The minimum Gasteiger partial charge on any atom is -0.461 e. The highest BCUT2D eigenvalue weighted by Crippen LogP contribution is 2.09. The van der Waals surface area contributed by atoms with Crippen molar-refractivity contribution in [1.29, 1.82) is 0 Å². The molecular formula is C12H12N2O2S. The highest BCUT2D eigenvalue weighted by atomic mass is 32.1. The Morgan fingerprint density at radius 2 is 2.29 bits per heavy atom. The molecule has 0 aromatic carbocycles. The van der Waals surface area contributed by atoms with Gasteiger partial charge in [0.25, 0.3) is 0 Å². The van der Waals surface area contributed by atoms with Gasteiger partial charge in [0.05, 0.1) is 18.5 Å². The minimum atomic E-state index is -0.415. The lowest BCUT2D eigenvalue weighted by Gasteiger charge is -2.03.